The molecule has 11 nitrogen and oxygen atoms in total. The molecule has 0 aliphatic rings. The van der Waals surface area contributed by atoms with Crippen molar-refractivity contribution in [2.24, 2.45) is 0 Å². The average molecular weight is 530 g/mol. The van der Waals surface area contributed by atoms with Gasteiger partial charge in [-0.15, -0.1) is 0 Å². The Morgan fingerprint density at radius 3 is 2.49 bits per heavy atom. The van der Waals surface area contributed by atoms with E-state index in [2.05, 4.69) is 9.82 Å². The van der Waals surface area contributed by atoms with Crippen LogP contribution in [0.25, 0.3) is 5.69 Å². The SMILES string of the molecule is CCCN(C)C(=O)c1nn(-c2ccccc2)c(Oc2ccc([N+](=O)[O-])cc2S(=O)(=O)NC(C)CC)c1C. The molecule has 1 N–H and O–H groups in total. The zero-order chi connectivity index (χ0) is 27.3. The molecule has 3 aromatic rings. The number of rotatable bonds is 11. The molecule has 12 heteroatoms. The fraction of sp³-hybridized carbons (Fsp3) is 0.360. The first-order chi connectivity index (χ1) is 17.5. The van der Waals surface area contributed by atoms with E-state index in [4.69, 9.17) is 4.74 Å². The van der Waals surface area contributed by atoms with Gasteiger partial charge in [-0.2, -0.15) is 9.78 Å². The van der Waals surface area contributed by atoms with Gasteiger partial charge in [-0.25, -0.2) is 13.1 Å². The van der Waals surface area contributed by atoms with E-state index < -0.39 is 31.6 Å². The summed E-state index contributed by atoms with van der Waals surface area (Å²) in [5, 5.41) is 15.9. The fourth-order valence-electron chi connectivity index (χ4n) is 3.59. The first kappa shape index (κ1) is 27.8. The summed E-state index contributed by atoms with van der Waals surface area (Å²) in [6.07, 6.45) is 1.28. The zero-order valence-electron chi connectivity index (χ0n) is 21.5. The first-order valence-electron chi connectivity index (χ1n) is 11.9. The molecule has 198 valence electrons. The lowest BCUT2D eigenvalue weighted by Gasteiger charge is -2.16. The molecule has 2 aromatic carbocycles. The number of hydrogen-bond donors (Lipinski definition) is 1. The molecule has 0 saturated heterocycles. The Morgan fingerprint density at radius 2 is 1.89 bits per heavy atom. The van der Waals surface area contributed by atoms with Gasteiger partial charge in [0.05, 0.1) is 10.6 Å². The number of para-hydroxylation sites is 1. The summed E-state index contributed by atoms with van der Waals surface area (Å²) < 4.78 is 36.5. The molecular weight excluding hydrogens is 498 g/mol. The number of carbonyl (C=O) groups is 1. The van der Waals surface area contributed by atoms with Gasteiger partial charge in [-0.1, -0.05) is 32.0 Å². The quantitative estimate of drug-likeness (QED) is 0.286. The van der Waals surface area contributed by atoms with Crippen LogP contribution in [0.1, 0.15) is 49.7 Å². The van der Waals surface area contributed by atoms with Gasteiger partial charge in [-0.3, -0.25) is 14.9 Å². The third kappa shape index (κ3) is 6.15. The third-order valence-electron chi connectivity index (χ3n) is 5.78. The van der Waals surface area contributed by atoms with Crippen LogP contribution in [0.3, 0.4) is 0 Å². The van der Waals surface area contributed by atoms with Crippen molar-refractivity contribution >= 4 is 21.6 Å². The highest BCUT2D eigenvalue weighted by atomic mass is 32.2. The van der Waals surface area contributed by atoms with Crippen molar-refractivity contribution in [1.82, 2.24) is 19.4 Å². The molecule has 0 radical (unpaired) electrons. The van der Waals surface area contributed by atoms with Crippen LogP contribution in [-0.2, 0) is 10.0 Å². The molecule has 1 aromatic heterocycles. The number of ether oxygens (including phenoxy) is 1. The summed E-state index contributed by atoms with van der Waals surface area (Å²) in [4.78, 5) is 25.0. The van der Waals surface area contributed by atoms with E-state index in [0.717, 1.165) is 18.6 Å². The van der Waals surface area contributed by atoms with Gasteiger partial charge in [0.1, 0.15) is 10.6 Å². The lowest BCUT2D eigenvalue weighted by Crippen LogP contribution is -2.32. The van der Waals surface area contributed by atoms with Gasteiger partial charge in [0.25, 0.3) is 11.6 Å². The second-order valence-corrected chi connectivity index (χ2v) is 10.4. The number of aromatic nitrogens is 2. The summed E-state index contributed by atoms with van der Waals surface area (Å²) in [6, 6.07) is 11.9. The number of nitrogens with one attached hydrogen (secondary N) is 1. The van der Waals surface area contributed by atoms with Crippen LogP contribution in [0, 0.1) is 17.0 Å². The first-order valence-corrected chi connectivity index (χ1v) is 13.4. The summed E-state index contributed by atoms with van der Waals surface area (Å²) in [5.74, 6) is -0.329. The van der Waals surface area contributed by atoms with Crippen molar-refractivity contribution < 1.29 is 22.9 Å². The number of sulfonamides is 1. The van der Waals surface area contributed by atoms with E-state index in [1.165, 1.54) is 10.7 Å². The largest absolute Gasteiger partial charge is 0.437 e. The zero-order valence-corrected chi connectivity index (χ0v) is 22.3. The smallest absolute Gasteiger partial charge is 0.274 e. The lowest BCUT2D eigenvalue weighted by molar-refractivity contribution is -0.385. The Balaban J connectivity index is 2.19. The normalized spacial score (nSPS) is 12.2. The predicted molar refractivity (Wildman–Crippen MR) is 139 cm³/mol. The minimum Gasteiger partial charge on any atom is -0.437 e. The Kier molecular flexibility index (Phi) is 8.66. The summed E-state index contributed by atoms with van der Waals surface area (Å²) in [6.45, 7) is 7.64. The molecule has 0 fully saturated rings. The van der Waals surface area contributed by atoms with Crippen molar-refractivity contribution in [3.8, 4) is 17.3 Å². The average Bonchev–Trinajstić information content (AvgIpc) is 3.19. The molecule has 0 spiro atoms. The fourth-order valence-corrected chi connectivity index (χ4v) is 5.06. The van der Waals surface area contributed by atoms with Gasteiger partial charge in [-0.05, 0) is 44.9 Å². The lowest BCUT2D eigenvalue weighted by atomic mass is 10.2. The maximum absolute atomic E-state index is 13.2. The highest BCUT2D eigenvalue weighted by Gasteiger charge is 2.29. The van der Waals surface area contributed by atoms with Crippen LogP contribution in [-0.4, -0.2) is 53.6 Å². The second kappa shape index (κ2) is 11.5. The van der Waals surface area contributed by atoms with Crippen molar-refractivity contribution in [2.75, 3.05) is 13.6 Å². The van der Waals surface area contributed by atoms with Crippen LogP contribution in [0.4, 0.5) is 5.69 Å². The van der Waals surface area contributed by atoms with Gasteiger partial charge >= 0.3 is 0 Å². The van der Waals surface area contributed by atoms with E-state index in [9.17, 15) is 23.3 Å². The Labute approximate surface area is 216 Å². The van der Waals surface area contributed by atoms with E-state index in [1.807, 2.05) is 19.9 Å². The molecule has 37 heavy (non-hydrogen) atoms. The third-order valence-corrected chi connectivity index (χ3v) is 7.39. The van der Waals surface area contributed by atoms with Crippen LogP contribution >= 0.6 is 0 Å². The minimum atomic E-state index is -4.18. The Hall–Kier alpha value is -3.77. The minimum absolute atomic E-state index is 0.119. The topological polar surface area (TPSA) is 137 Å². The van der Waals surface area contributed by atoms with Crippen LogP contribution in [0.2, 0.25) is 0 Å². The molecule has 1 atom stereocenters. The Morgan fingerprint density at radius 1 is 1.22 bits per heavy atom. The van der Waals surface area contributed by atoms with Gasteiger partial charge in [0, 0.05) is 37.3 Å². The molecule has 0 saturated carbocycles. The van der Waals surface area contributed by atoms with E-state index >= 15 is 0 Å². The Bertz CT molecular complexity index is 1390. The molecular formula is C25H31N5O6S. The maximum atomic E-state index is 13.2. The van der Waals surface area contributed by atoms with Crippen LogP contribution < -0.4 is 9.46 Å². The second-order valence-electron chi connectivity index (χ2n) is 8.67. The van der Waals surface area contributed by atoms with Crippen LogP contribution in [0.15, 0.2) is 53.4 Å². The number of amides is 1. The number of hydrogen-bond acceptors (Lipinski definition) is 7. The van der Waals surface area contributed by atoms with Gasteiger partial charge < -0.3 is 9.64 Å². The predicted octanol–water partition coefficient (Wildman–Crippen LogP) is 4.44. The van der Waals surface area contributed by atoms with Crippen molar-refractivity contribution in [3.63, 3.8) is 0 Å². The maximum Gasteiger partial charge on any atom is 0.274 e. The molecule has 1 unspecified atom stereocenters. The van der Waals surface area contributed by atoms with Crippen molar-refractivity contribution in [1.29, 1.82) is 0 Å². The number of nitro benzene ring substituents is 1. The summed E-state index contributed by atoms with van der Waals surface area (Å²) >= 11 is 0. The number of nitrogens with zero attached hydrogens (tertiary/aromatic N) is 4. The summed E-state index contributed by atoms with van der Waals surface area (Å²) in [7, 11) is -2.51. The number of benzene rings is 2. The van der Waals surface area contributed by atoms with E-state index in [0.29, 0.717) is 24.2 Å². The standard InChI is InChI=1S/C25H31N5O6S/c1-6-15-28(5)24(31)23-18(4)25(29(26-23)19-11-9-8-10-12-19)36-21-14-13-20(30(32)33)16-22(21)37(34,35)27-17(3)7-2/h8-14,16-17,27H,6-7,15H2,1-5H3. The van der Waals surface area contributed by atoms with E-state index in [1.54, 1.807) is 50.1 Å². The molecule has 1 amide bonds. The van der Waals surface area contributed by atoms with E-state index in [-0.39, 0.29) is 23.2 Å². The highest BCUT2D eigenvalue weighted by Crippen LogP contribution is 2.36. The number of carbonyl (C=O) groups excluding carboxylic acids is 1. The summed E-state index contributed by atoms with van der Waals surface area (Å²) in [5.41, 5.74) is 0.733. The highest BCUT2D eigenvalue weighted by molar-refractivity contribution is 7.89. The van der Waals surface area contributed by atoms with Crippen molar-refractivity contribution in [2.45, 2.75) is 51.5 Å². The monoisotopic (exact) mass is 529 g/mol. The molecule has 3 rings (SSSR count). The molecule has 0 aliphatic carbocycles. The molecule has 1 heterocycles. The number of nitro groups is 1. The molecule has 0 bridgehead atoms. The molecule has 0 aliphatic heterocycles. The van der Waals surface area contributed by atoms with Crippen LogP contribution in [0.5, 0.6) is 11.6 Å². The number of non-ortho nitro benzene ring substituents is 1. The van der Waals surface area contributed by atoms with Gasteiger partial charge in [0.2, 0.25) is 15.9 Å². The van der Waals surface area contributed by atoms with Gasteiger partial charge in [0.15, 0.2) is 5.69 Å². The van der Waals surface area contributed by atoms with Crippen molar-refractivity contribution in [3.05, 3.63) is 69.9 Å².